The molecule has 1 fully saturated rings. The van der Waals surface area contributed by atoms with Crippen LogP contribution < -0.4 is 11.1 Å². The fraction of sp³-hybridized carbons (Fsp3) is 0.611. The number of benzene rings is 1. The van der Waals surface area contributed by atoms with Crippen LogP contribution in [-0.4, -0.2) is 37.0 Å². The summed E-state index contributed by atoms with van der Waals surface area (Å²) in [5.74, 6) is 0.535. The highest BCUT2D eigenvalue weighted by Crippen LogP contribution is 2.24. The van der Waals surface area contributed by atoms with Gasteiger partial charge in [0.15, 0.2) is 5.96 Å². The molecule has 5 heteroatoms. The number of guanidine groups is 1. The van der Waals surface area contributed by atoms with Gasteiger partial charge in [-0.1, -0.05) is 18.9 Å². The van der Waals surface area contributed by atoms with Gasteiger partial charge in [-0.25, -0.2) is 0 Å². The van der Waals surface area contributed by atoms with E-state index in [0.717, 1.165) is 18.8 Å². The molecular weight excluding hydrogens is 399 g/mol. The molecule has 0 saturated carbocycles. The second-order valence-corrected chi connectivity index (χ2v) is 6.48. The van der Waals surface area contributed by atoms with Gasteiger partial charge in [0.1, 0.15) is 0 Å². The average Bonchev–Trinajstić information content (AvgIpc) is 2.82. The van der Waals surface area contributed by atoms with Crippen LogP contribution in [-0.2, 0) is 12.8 Å². The Morgan fingerprint density at radius 1 is 1.04 bits per heavy atom. The zero-order chi connectivity index (χ0) is 15.2. The SMILES string of the molecule is I.NC(=NCCN1CCCCCC1)Nc1ccc2c(c1)CCC2. The minimum atomic E-state index is 0. The van der Waals surface area contributed by atoms with Gasteiger partial charge in [0.2, 0.25) is 0 Å². The van der Waals surface area contributed by atoms with Gasteiger partial charge in [-0.05, 0) is 68.5 Å². The van der Waals surface area contributed by atoms with E-state index in [1.807, 2.05) is 0 Å². The van der Waals surface area contributed by atoms with Crippen LogP contribution in [0.15, 0.2) is 23.2 Å². The van der Waals surface area contributed by atoms with E-state index in [-0.39, 0.29) is 24.0 Å². The maximum Gasteiger partial charge on any atom is 0.193 e. The first-order chi connectivity index (χ1) is 10.8. The van der Waals surface area contributed by atoms with Crippen LogP contribution in [0.5, 0.6) is 0 Å². The molecule has 2 aliphatic rings. The lowest BCUT2D eigenvalue weighted by molar-refractivity contribution is 0.293. The third-order valence-corrected chi connectivity index (χ3v) is 4.77. The summed E-state index contributed by atoms with van der Waals surface area (Å²) in [5.41, 5.74) is 10.0. The maximum absolute atomic E-state index is 6.02. The molecule has 1 aliphatic carbocycles. The van der Waals surface area contributed by atoms with Crippen LogP contribution in [0.4, 0.5) is 5.69 Å². The Bertz CT molecular complexity index is 522. The molecule has 1 aromatic rings. The van der Waals surface area contributed by atoms with Crippen molar-refractivity contribution in [3.8, 4) is 0 Å². The number of nitrogens with zero attached hydrogens (tertiary/aromatic N) is 2. The van der Waals surface area contributed by atoms with E-state index in [1.54, 1.807) is 0 Å². The van der Waals surface area contributed by atoms with Gasteiger partial charge in [0.25, 0.3) is 0 Å². The number of anilines is 1. The summed E-state index contributed by atoms with van der Waals surface area (Å²) in [7, 11) is 0. The highest BCUT2D eigenvalue weighted by molar-refractivity contribution is 14.0. The average molecular weight is 428 g/mol. The molecule has 0 bridgehead atoms. The van der Waals surface area contributed by atoms with Gasteiger partial charge in [-0.15, -0.1) is 24.0 Å². The maximum atomic E-state index is 6.02. The first kappa shape index (κ1) is 18.5. The zero-order valence-electron chi connectivity index (χ0n) is 13.9. The summed E-state index contributed by atoms with van der Waals surface area (Å²) in [5, 5.41) is 3.23. The molecule has 0 aromatic heterocycles. The van der Waals surface area contributed by atoms with Gasteiger partial charge in [0.05, 0.1) is 6.54 Å². The van der Waals surface area contributed by atoms with Gasteiger partial charge >= 0.3 is 0 Å². The minimum absolute atomic E-state index is 0. The van der Waals surface area contributed by atoms with Gasteiger partial charge in [-0.2, -0.15) is 0 Å². The predicted molar refractivity (Wildman–Crippen MR) is 109 cm³/mol. The van der Waals surface area contributed by atoms with E-state index in [9.17, 15) is 0 Å². The summed E-state index contributed by atoms with van der Waals surface area (Å²) >= 11 is 0. The number of rotatable bonds is 4. The molecule has 1 aliphatic heterocycles. The summed E-state index contributed by atoms with van der Waals surface area (Å²) in [6.45, 7) is 4.23. The van der Waals surface area contributed by atoms with Gasteiger partial charge in [-0.3, -0.25) is 4.99 Å². The number of aliphatic imine (C=N–C) groups is 1. The van der Waals surface area contributed by atoms with Crippen molar-refractivity contribution in [3.05, 3.63) is 29.3 Å². The fourth-order valence-electron chi connectivity index (χ4n) is 3.51. The Morgan fingerprint density at radius 3 is 2.57 bits per heavy atom. The third kappa shape index (κ3) is 5.64. The standard InChI is InChI=1S/C18H28N4.HI/c19-18(20-10-13-22-11-3-1-2-4-12-22)21-17-9-8-15-6-5-7-16(15)14-17;/h8-9,14H,1-7,10-13H2,(H3,19,20,21);1H. The summed E-state index contributed by atoms with van der Waals surface area (Å²) in [4.78, 5) is 6.99. The van der Waals surface area contributed by atoms with Crippen LogP contribution in [0.2, 0.25) is 0 Å². The number of likely N-dealkylation sites (tertiary alicyclic amines) is 1. The quantitative estimate of drug-likeness (QED) is 0.439. The first-order valence-corrected chi connectivity index (χ1v) is 8.72. The minimum Gasteiger partial charge on any atom is -0.370 e. The molecule has 128 valence electrons. The van der Waals surface area contributed by atoms with Crippen molar-refractivity contribution in [2.45, 2.75) is 44.9 Å². The summed E-state index contributed by atoms with van der Waals surface area (Å²) < 4.78 is 0. The molecular formula is C18H29IN4. The van der Waals surface area contributed by atoms with Gasteiger partial charge in [0, 0.05) is 12.2 Å². The van der Waals surface area contributed by atoms with Crippen molar-refractivity contribution in [1.82, 2.24) is 4.90 Å². The molecule has 0 unspecified atom stereocenters. The van der Waals surface area contributed by atoms with Gasteiger partial charge < -0.3 is 16.0 Å². The Hall–Kier alpha value is -0.820. The lowest BCUT2D eigenvalue weighted by atomic mass is 10.1. The smallest absolute Gasteiger partial charge is 0.193 e. The summed E-state index contributed by atoms with van der Waals surface area (Å²) in [6, 6.07) is 6.55. The van der Waals surface area contributed by atoms with Crippen molar-refractivity contribution >= 4 is 35.6 Å². The predicted octanol–water partition coefficient (Wildman–Crippen LogP) is 3.40. The molecule has 0 atom stereocenters. The molecule has 3 N–H and O–H groups in total. The molecule has 3 rings (SSSR count). The van der Waals surface area contributed by atoms with Crippen LogP contribution in [0.25, 0.3) is 0 Å². The lowest BCUT2D eigenvalue weighted by Crippen LogP contribution is -2.29. The Balaban J connectivity index is 0.00000192. The Kier molecular flexibility index (Phi) is 7.62. The number of fused-ring (bicyclic) bond motifs is 1. The zero-order valence-corrected chi connectivity index (χ0v) is 16.2. The number of hydrogen-bond acceptors (Lipinski definition) is 2. The van der Waals surface area contributed by atoms with Crippen LogP contribution in [0.1, 0.15) is 43.2 Å². The lowest BCUT2D eigenvalue weighted by Gasteiger charge is -2.18. The summed E-state index contributed by atoms with van der Waals surface area (Å²) in [6.07, 6.45) is 9.09. The van der Waals surface area contributed by atoms with Crippen LogP contribution >= 0.6 is 24.0 Å². The van der Waals surface area contributed by atoms with E-state index in [4.69, 9.17) is 5.73 Å². The monoisotopic (exact) mass is 428 g/mol. The number of halogens is 1. The molecule has 0 radical (unpaired) electrons. The highest BCUT2D eigenvalue weighted by atomic mass is 127. The second-order valence-electron chi connectivity index (χ2n) is 6.48. The largest absolute Gasteiger partial charge is 0.370 e. The molecule has 1 saturated heterocycles. The van der Waals surface area contributed by atoms with E-state index < -0.39 is 0 Å². The first-order valence-electron chi connectivity index (χ1n) is 8.72. The topological polar surface area (TPSA) is 53.6 Å². The second kappa shape index (κ2) is 9.47. The molecule has 0 spiro atoms. The van der Waals surface area contributed by atoms with Crippen molar-refractivity contribution in [2.24, 2.45) is 10.7 Å². The van der Waals surface area contributed by atoms with Crippen molar-refractivity contribution < 1.29 is 0 Å². The normalized spacial score (nSPS) is 18.9. The number of nitrogens with one attached hydrogen (secondary N) is 1. The molecule has 4 nitrogen and oxygen atoms in total. The number of hydrogen-bond donors (Lipinski definition) is 2. The molecule has 23 heavy (non-hydrogen) atoms. The molecule has 0 amide bonds. The van der Waals surface area contributed by atoms with E-state index in [2.05, 4.69) is 33.4 Å². The van der Waals surface area contributed by atoms with Crippen LogP contribution in [0, 0.1) is 0 Å². The third-order valence-electron chi connectivity index (χ3n) is 4.77. The van der Waals surface area contributed by atoms with Crippen molar-refractivity contribution in [3.63, 3.8) is 0 Å². The van der Waals surface area contributed by atoms with Crippen molar-refractivity contribution in [1.29, 1.82) is 0 Å². The fourth-order valence-corrected chi connectivity index (χ4v) is 3.51. The molecule has 1 aromatic carbocycles. The highest BCUT2D eigenvalue weighted by Gasteiger charge is 2.11. The Morgan fingerprint density at radius 2 is 1.78 bits per heavy atom. The van der Waals surface area contributed by atoms with E-state index >= 15 is 0 Å². The van der Waals surface area contributed by atoms with Crippen LogP contribution in [0.3, 0.4) is 0 Å². The number of nitrogens with two attached hydrogens (primary N) is 1. The number of aryl methyl sites for hydroxylation is 2. The molecule has 1 heterocycles. The van der Waals surface area contributed by atoms with E-state index in [1.165, 1.54) is 69.2 Å². The van der Waals surface area contributed by atoms with E-state index in [0.29, 0.717) is 5.96 Å². The van der Waals surface area contributed by atoms with Crippen molar-refractivity contribution in [2.75, 3.05) is 31.5 Å². The Labute approximate surface area is 156 Å².